The Morgan fingerprint density at radius 1 is 1.19 bits per heavy atom. The Kier molecular flexibility index (Phi) is 3.52. The van der Waals surface area contributed by atoms with Crippen LogP contribution in [0.2, 0.25) is 0 Å². The number of nitrogens with two attached hydrogens (primary N) is 1. The molecule has 3 aromatic rings. The Morgan fingerprint density at radius 3 is 2.67 bits per heavy atom. The summed E-state index contributed by atoms with van der Waals surface area (Å²) in [7, 11) is 1.65. The lowest BCUT2D eigenvalue weighted by molar-refractivity contribution is 0.415. The molecule has 1 atom stereocenters. The summed E-state index contributed by atoms with van der Waals surface area (Å²) in [5.41, 5.74) is 9.31. The highest BCUT2D eigenvalue weighted by molar-refractivity contribution is 5.80. The van der Waals surface area contributed by atoms with E-state index in [0.29, 0.717) is 5.95 Å². The van der Waals surface area contributed by atoms with Crippen LogP contribution in [0.15, 0.2) is 48.5 Å². The molecule has 0 amide bonds. The van der Waals surface area contributed by atoms with Crippen molar-refractivity contribution in [2.45, 2.75) is 19.4 Å². The van der Waals surface area contributed by atoms with Gasteiger partial charge in [-0.05, 0) is 31.0 Å². The third-order valence-corrected chi connectivity index (χ3v) is 3.74. The second-order valence-corrected chi connectivity index (χ2v) is 5.23. The van der Waals surface area contributed by atoms with Gasteiger partial charge < -0.3 is 15.0 Å². The molecule has 0 bridgehead atoms. The molecule has 2 aromatic carbocycles. The topological polar surface area (TPSA) is 53.1 Å². The predicted molar refractivity (Wildman–Crippen MR) is 85.6 cm³/mol. The zero-order chi connectivity index (χ0) is 14.8. The van der Waals surface area contributed by atoms with E-state index in [1.54, 1.807) is 7.11 Å². The third-order valence-electron chi connectivity index (χ3n) is 3.74. The van der Waals surface area contributed by atoms with E-state index in [9.17, 15) is 0 Å². The number of benzene rings is 2. The van der Waals surface area contributed by atoms with Gasteiger partial charge >= 0.3 is 0 Å². The molecule has 108 valence electrons. The number of fused-ring (bicyclic) bond motifs is 1. The van der Waals surface area contributed by atoms with Gasteiger partial charge in [0.1, 0.15) is 5.75 Å². The third kappa shape index (κ3) is 2.57. The largest absolute Gasteiger partial charge is 0.497 e. The molecule has 1 aromatic heterocycles. The Bertz CT molecular complexity index is 749. The summed E-state index contributed by atoms with van der Waals surface area (Å²) in [5.74, 6) is 1.34. The number of ether oxygens (including phenoxy) is 1. The molecule has 4 heteroatoms. The number of imidazole rings is 1. The second kappa shape index (κ2) is 5.48. The quantitative estimate of drug-likeness (QED) is 0.797. The normalized spacial score (nSPS) is 12.5. The summed E-state index contributed by atoms with van der Waals surface area (Å²) in [6.07, 6.45) is 0.919. The summed E-state index contributed by atoms with van der Waals surface area (Å²) in [5, 5.41) is 0. The first kappa shape index (κ1) is 13.5. The second-order valence-electron chi connectivity index (χ2n) is 5.23. The Balaban J connectivity index is 1.97. The van der Waals surface area contributed by atoms with E-state index in [1.807, 2.05) is 24.3 Å². The number of methoxy groups -OCH3 is 1. The van der Waals surface area contributed by atoms with Gasteiger partial charge in [-0.3, -0.25) is 0 Å². The number of nitrogens with zero attached hydrogens (tertiary/aromatic N) is 2. The van der Waals surface area contributed by atoms with E-state index in [2.05, 4.69) is 40.7 Å². The molecule has 1 unspecified atom stereocenters. The molecule has 0 saturated heterocycles. The van der Waals surface area contributed by atoms with Crippen molar-refractivity contribution in [3.63, 3.8) is 0 Å². The van der Waals surface area contributed by atoms with Crippen LogP contribution in [0.4, 0.5) is 5.95 Å². The van der Waals surface area contributed by atoms with E-state index in [1.165, 1.54) is 5.56 Å². The number of anilines is 1. The van der Waals surface area contributed by atoms with Crippen LogP contribution in [-0.4, -0.2) is 16.7 Å². The summed E-state index contributed by atoms with van der Waals surface area (Å²) >= 11 is 0. The molecule has 0 aliphatic rings. The van der Waals surface area contributed by atoms with Gasteiger partial charge in [-0.15, -0.1) is 0 Å². The molecule has 3 rings (SSSR count). The Hall–Kier alpha value is -2.49. The van der Waals surface area contributed by atoms with Gasteiger partial charge in [-0.1, -0.05) is 30.3 Å². The average molecular weight is 281 g/mol. The smallest absolute Gasteiger partial charge is 0.201 e. The first-order valence-electron chi connectivity index (χ1n) is 7.04. The van der Waals surface area contributed by atoms with E-state index in [-0.39, 0.29) is 6.04 Å². The molecule has 0 spiro atoms. The summed E-state index contributed by atoms with van der Waals surface area (Å²) in [6.45, 7) is 2.16. The maximum Gasteiger partial charge on any atom is 0.201 e. The minimum atomic E-state index is 0.241. The molecular formula is C17H19N3O. The maximum absolute atomic E-state index is 6.11. The van der Waals surface area contributed by atoms with Crippen molar-refractivity contribution in [3.8, 4) is 5.75 Å². The molecule has 0 radical (unpaired) electrons. The van der Waals surface area contributed by atoms with Crippen molar-refractivity contribution in [2.75, 3.05) is 12.8 Å². The maximum atomic E-state index is 6.11. The van der Waals surface area contributed by atoms with E-state index in [0.717, 1.165) is 23.2 Å². The highest BCUT2D eigenvalue weighted by atomic mass is 16.5. The molecule has 2 N–H and O–H groups in total. The summed E-state index contributed by atoms with van der Waals surface area (Å²) < 4.78 is 7.32. The fourth-order valence-electron chi connectivity index (χ4n) is 2.73. The Labute approximate surface area is 124 Å². The van der Waals surface area contributed by atoms with Crippen molar-refractivity contribution in [1.82, 2.24) is 9.55 Å². The monoisotopic (exact) mass is 281 g/mol. The van der Waals surface area contributed by atoms with Crippen molar-refractivity contribution in [2.24, 2.45) is 0 Å². The average Bonchev–Trinajstić information content (AvgIpc) is 2.83. The van der Waals surface area contributed by atoms with Crippen LogP contribution >= 0.6 is 0 Å². The van der Waals surface area contributed by atoms with Crippen molar-refractivity contribution >= 4 is 17.0 Å². The Morgan fingerprint density at radius 2 is 1.95 bits per heavy atom. The van der Waals surface area contributed by atoms with E-state index < -0.39 is 0 Å². The lowest BCUT2D eigenvalue weighted by Gasteiger charge is -2.16. The fourth-order valence-corrected chi connectivity index (χ4v) is 2.73. The lowest BCUT2D eigenvalue weighted by atomic mass is 10.1. The standard InChI is InChI=1S/C17H19N3O/c1-12(10-13-6-4-3-5-7-13)20-16-9-8-14(21-2)11-15(16)19-17(20)18/h3-9,11-12H,10H2,1-2H3,(H2,18,19). The van der Waals surface area contributed by atoms with Crippen LogP contribution in [0.25, 0.3) is 11.0 Å². The molecular weight excluding hydrogens is 262 g/mol. The van der Waals surface area contributed by atoms with E-state index >= 15 is 0 Å². The molecule has 21 heavy (non-hydrogen) atoms. The molecule has 1 heterocycles. The number of aromatic nitrogens is 2. The number of hydrogen-bond donors (Lipinski definition) is 1. The first-order chi connectivity index (χ1) is 10.2. The molecule has 0 aliphatic carbocycles. The minimum Gasteiger partial charge on any atom is -0.497 e. The van der Waals surface area contributed by atoms with Crippen molar-refractivity contribution in [1.29, 1.82) is 0 Å². The highest BCUT2D eigenvalue weighted by Gasteiger charge is 2.15. The molecule has 0 saturated carbocycles. The zero-order valence-corrected chi connectivity index (χ0v) is 12.3. The number of rotatable bonds is 4. The fraction of sp³-hybridized carbons (Fsp3) is 0.235. The number of nitrogen functional groups attached to an aromatic ring is 1. The lowest BCUT2D eigenvalue weighted by Crippen LogP contribution is -2.11. The van der Waals surface area contributed by atoms with Gasteiger partial charge in [0.2, 0.25) is 5.95 Å². The van der Waals surface area contributed by atoms with Gasteiger partial charge in [0.05, 0.1) is 18.1 Å². The van der Waals surface area contributed by atoms with E-state index in [4.69, 9.17) is 10.5 Å². The number of hydrogen-bond acceptors (Lipinski definition) is 3. The van der Waals surface area contributed by atoms with Crippen LogP contribution in [0, 0.1) is 0 Å². The van der Waals surface area contributed by atoms with Crippen LogP contribution in [0.1, 0.15) is 18.5 Å². The minimum absolute atomic E-state index is 0.241. The van der Waals surface area contributed by atoms with Crippen LogP contribution in [-0.2, 0) is 6.42 Å². The van der Waals surface area contributed by atoms with Crippen LogP contribution in [0.5, 0.6) is 5.75 Å². The SMILES string of the molecule is COc1ccc2c(c1)nc(N)n2C(C)Cc1ccccc1. The molecule has 0 fully saturated rings. The summed E-state index contributed by atoms with van der Waals surface area (Å²) in [4.78, 5) is 4.45. The zero-order valence-electron chi connectivity index (χ0n) is 12.3. The van der Waals surface area contributed by atoms with Crippen LogP contribution < -0.4 is 10.5 Å². The van der Waals surface area contributed by atoms with Gasteiger partial charge in [-0.25, -0.2) is 4.98 Å². The first-order valence-corrected chi connectivity index (χ1v) is 7.04. The van der Waals surface area contributed by atoms with Crippen molar-refractivity contribution in [3.05, 3.63) is 54.1 Å². The van der Waals surface area contributed by atoms with Crippen molar-refractivity contribution < 1.29 is 4.74 Å². The molecule has 0 aliphatic heterocycles. The van der Waals surface area contributed by atoms with Gasteiger partial charge in [-0.2, -0.15) is 0 Å². The highest BCUT2D eigenvalue weighted by Crippen LogP contribution is 2.27. The molecule has 4 nitrogen and oxygen atoms in total. The van der Waals surface area contributed by atoms with Gasteiger partial charge in [0.15, 0.2) is 0 Å². The van der Waals surface area contributed by atoms with Gasteiger partial charge in [0, 0.05) is 12.1 Å². The summed E-state index contributed by atoms with van der Waals surface area (Å²) in [6, 6.07) is 16.5. The predicted octanol–water partition coefficient (Wildman–Crippen LogP) is 3.43. The van der Waals surface area contributed by atoms with Gasteiger partial charge in [0.25, 0.3) is 0 Å². The van der Waals surface area contributed by atoms with Crippen LogP contribution in [0.3, 0.4) is 0 Å².